The molecule has 0 aromatic heterocycles. The Kier molecular flexibility index (Phi) is 5.35. The average Bonchev–Trinajstić information content (AvgIpc) is 2.07. The number of hydrogen-bond donors (Lipinski definition) is 1. The van der Waals surface area contributed by atoms with E-state index < -0.39 is 0 Å². The molecule has 0 spiro atoms. The number of imide groups is 1. The van der Waals surface area contributed by atoms with Crippen LogP contribution in [-0.4, -0.2) is 11.8 Å². The van der Waals surface area contributed by atoms with Crippen LogP contribution in [0.5, 0.6) is 0 Å². The molecule has 0 aromatic carbocycles. The van der Waals surface area contributed by atoms with Crippen molar-refractivity contribution in [1.29, 1.82) is 0 Å². The molecule has 0 bridgehead atoms. The van der Waals surface area contributed by atoms with Gasteiger partial charge in [0.2, 0.25) is 11.8 Å². The SMILES string of the molecule is CC.CC(C)C1CCC(=O)NC1=O. The maximum absolute atomic E-state index is 11.1. The Bertz CT molecular complexity index is 187. The average molecular weight is 185 g/mol. The lowest BCUT2D eigenvalue weighted by Gasteiger charge is -2.23. The summed E-state index contributed by atoms with van der Waals surface area (Å²) in [7, 11) is 0. The fourth-order valence-corrected chi connectivity index (χ4v) is 1.35. The van der Waals surface area contributed by atoms with Crippen LogP contribution >= 0.6 is 0 Å². The predicted octanol–water partition coefficient (Wildman–Crippen LogP) is 1.72. The number of carbonyl (C=O) groups excluding carboxylic acids is 2. The zero-order chi connectivity index (χ0) is 10.4. The molecule has 3 heteroatoms. The highest BCUT2D eigenvalue weighted by Crippen LogP contribution is 2.20. The van der Waals surface area contributed by atoms with Gasteiger partial charge in [-0.25, -0.2) is 0 Å². The third kappa shape index (κ3) is 3.57. The van der Waals surface area contributed by atoms with Crippen LogP contribution in [0.2, 0.25) is 0 Å². The fourth-order valence-electron chi connectivity index (χ4n) is 1.35. The van der Waals surface area contributed by atoms with E-state index in [1.54, 1.807) is 0 Å². The van der Waals surface area contributed by atoms with Crippen LogP contribution in [0.25, 0.3) is 0 Å². The number of carbonyl (C=O) groups is 2. The Hall–Kier alpha value is -0.860. The van der Waals surface area contributed by atoms with Gasteiger partial charge in [-0.1, -0.05) is 27.7 Å². The topological polar surface area (TPSA) is 46.2 Å². The molecule has 1 aliphatic heterocycles. The molecular formula is C10H19NO2. The summed E-state index contributed by atoms with van der Waals surface area (Å²) >= 11 is 0. The minimum Gasteiger partial charge on any atom is -0.296 e. The molecule has 0 aromatic rings. The van der Waals surface area contributed by atoms with Gasteiger partial charge in [0.25, 0.3) is 0 Å². The predicted molar refractivity (Wildman–Crippen MR) is 52.1 cm³/mol. The van der Waals surface area contributed by atoms with Crippen LogP contribution in [0.15, 0.2) is 0 Å². The van der Waals surface area contributed by atoms with E-state index in [-0.39, 0.29) is 17.7 Å². The molecule has 0 radical (unpaired) electrons. The highest BCUT2D eigenvalue weighted by molar-refractivity contribution is 5.98. The molecule has 1 heterocycles. The second-order valence-electron chi connectivity index (χ2n) is 3.30. The molecule has 1 N–H and O–H groups in total. The van der Waals surface area contributed by atoms with Gasteiger partial charge in [0.1, 0.15) is 0 Å². The summed E-state index contributed by atoms with van der Waals surface area (Å²) in [4.78, 5) is 21.8. The normalized spacial score (nSPS) is 22.1. The minimum atomic E-state index is -0.132. The Morgan fingerprint density at radius 2 is 1.85 bits per heavy atom. The Morgan fingerprint density at radius 1 is 1.31 bits per heavy atom. The van der Waals surface area contributed by atoms with Crippen molar-refractivity contribution >= 4 is 11.8 Å². The Morgan fingerprint density at radius 3 is 2.23 bits per heavy atom. The number of amides is 2. The molecule has 1 unspecified atom stereocenters. The first-order valence-corrected chi connectivity index (χ1v) is 4.95. The number of piperidine rings is 1. The summed E-state index contributed by atoms with van der Waals surface area (Å²) in [6, 6.07) is 0. The number of rotatable bonds is 1. The summed E-state index contributed by atoms with van der Waals surface area (Å²) in [6.07, 6.45) is 1.21. The van der Waals surface area contributed by atoms with Gasteiger partial charge in [0.15, 0.2) is 0 Å². The first-order valence-electron chi connectivity index (χ1n) is 4.95. The molecule has 1 atom stereocenters. The number of nitrogens with one attached hydrogen (secondary N) is 1. The maximum atomic E-state index is 11.1. The van der Waals surface area contributed by atoms with Gasteiger partial charge < -0.3 is 0 Å². The van der Waals surface area contributed by atoms with Crippen LogP contribution in [0.4, 0.5) is 0 Å². The van der Waals surface area contributed by atoms with Crippen molar-refractivity contribution in [2.24, 2.45) is 11.8 Å². The van der Waals surface area contributed by atoms with Crippen molar-refractivity contribution in [3.63, 3.8) is 0 Å². The van der Waals surface area contributed by atoms with Crippen molar-refractivity contribution < 1.29 is 9.59 Å². The van der Waals surface area contributed by atoms with Crippen LogP contribution in [0.3, 0.4) is 0 Å². The lowest BCUT2D eigenvalue weighted by molar-refractivity contribution is -0.137. The van der Waals surface area contributed by atoms with Gasteiger partial charge in [-0.3, -0.25) is 14.9 Å². The monoisotopic (exact) mass is 185 g/mol. The van der Waals surface area contributed by atoms with E-state index in [0.717, 1.165) is 0 Å². The second kappa shape index (κ2) is 5.73. The van der Waals surface area contributed by atoms with Crippen LogP contribution in [0, 0.1) is 11.8 Å². The van der Waals surface area contributed by atoms with Gasteiger partial charge in [-0.15, -0.1) is 0 Å². The standard InChI is InChI=1S/C8H13NO2.C2H6/c1-5(2)6-3-4-7(10)9-8(6)11;1-2/h5-6H,3-4H2,1-2H3,(H,9,10,11);1-2H3. The highest BCUT2D eigenvalue weighted by atomic mass is 16.2. The molecule has 0 saturated carbocycles. The quantitative estimate of drug-likeness (QED) is 0.632. The molecule has 1 aliphatic rings. The van der Waals surface area contributed by atoms with Gasteiger partial charge in [-0.2, -0.15) is 0 Å². The second-order valence-corrected chi connectivity index (χ2v) is 3.30. The molecule has 0 aliphatic carbocycles. The van der Waals surface area contributed by atoms with Crippen molar-refractivity contribution in [3.05, 3.63) is 0 Å². The number of hydrogen-bond acceptors (Lipinski definition) is 2. The molecule has 3 nitrogen and oxygen atoms in total. The van der Waals surface area contributed by atoms with Gasteiger partial charge in [0, 0.05) is 12.3 Å². The van der Waals surface area contributed by atoms with E-state index in [9.17, 15) is 9.59 Å². The van der Waals surface area contributed by atoms with Crippen molar-refractivity contribution in [3.8, 4) is 0 Å². The molecule has 13 heavy (non-hydrogen) atoms. The van der Waals surface area contributed by atoms with E-state index in [1.165, 1.54) is 0 Å². The van der Waals surface area contributed by atoms with Crippen LogP contribution in [-0.2, 0) is 9.59 Å². The van der Waals surface area contributed by atoms with Crippen molar-refractivity contribution in [1.82, 2.24) is 5.32 Å². The maximum Gasteiger partial charge on any atom is 0.229 e. The van der Waals surface area contributed by atoms with Crippen molar-refractivity contribution in [2.75, 3.05) is 0 Å². The van der Waals surface area contributed by atoms with E-state index in [1.807, 2.05) is 27.7 Å². The molecule has 1 saturated heterocycles. The minimum absolute atomic E-state index is 0.0349. The third-order valence-electron chi connectivity index (χ3n) is 2.09. The summed E-state index contributed by atoms with van der Waals surface area (Å²) < 4.78 is 0. The smallest absolute Gasteiger partial charge is 0.229 e. The highest BCUT2D eigenvalue weighted by Gasteiger charge is 2.28. The zero-order valence-corrected chi connectivity index (χ0v) is 8.89. The van der Waals surface area contributed by atoms with Gasteiger partial charge >= 0.3 is 0 Å². The Balaban J connectivity index is 0.000000671. The first kappa shape index (κ1) is 12.1. The van der Waals surface area contributed by atoms with Crippen molar-refractivity contribution in [2.45, 2.75) is 40.5 Å². The first-order chi connectivity index (χ1) is 6.11. The molecule has 2 amide bonds. The third-order valence-corrected chi connectivity index (χ3v) is 2.09. The Labute approximate surface area is 79.9 Å². The van der Waals surface area contributed by atoms with E-state index >= 15 is 0 Å². The van der Waals surface area contributed by atoms with Gasteiger partial charge in [-0.05, 0) is 12.3 Å². The summed E-state index contributed by atoms with van der Waals surface area (Å²) in [5, 5.41) is 2.33. The van der Waals surface area contributed by atoms with E-state index in [4.69, 9.17) is 0 Å². The van der Waals surface area contributed by atoms with Gasteiger partial charge in [0.05, 0.1) is 0 Å². The molecule has 1 rings (SSSR count). The summed E-state index contributed by atoms with van der Waals surface area (Å²) in [5.74, 6) is 0.138. The molecule has 1 fully saturated rings. The summed E-state index contributed by atoms with van der Waals surface area (Å²) in [5.41, 5.74) is 0. The molecular weight excluding hydrogens is 166 g/mol. The summed E-state index contributed by atoms with van der Waals surface area (Å²) in [6.45, 7) is 8.00. The lowest BCUT2D eigenvalue weighted by atomic mass is 9.88. The zero-order valence-electron chi connectivity index (χ0n) is 8.89. The van der Waals surface area contributed by atoms with Crippen LogP contribution < -0.4 is 5.32 Å². The fraction of sp³-hybridized carbons (Fsp3) is 0.800. The van der Waals surface area contributed by atoms with E-state index in [2.05, 4.69) is 5.32 Å². The van der Waals surface area contributed by atoms with E-state index in [0.29, 0.717) is 18.8 Å². The molecule has 76 valence electrons. The lowest BCUT2D eigenvalue weighted by Crippen LogP contribution is -2.42. The van der Waals surface area contributed by atoms with Crippen LogP contribution in [0.1, 0.15) is 40.5 Å². The largest absolute Gasteiger partial charge is 0.296 e.